The van der Waals surface area contributed by atoms with Gasteiger partial charge in [-0.05, 0) is 6.92 Å². The average Bonchev–Trinajstić information content (AvgIpc) is 2.47. The number of carbonyl (C=O) groups is 5. The molecule has 0 aliphatic rings. The normalized spacial score (nSPS) is 11.2. The van der Waals surface area contributed by atoms with Gasteiger partial charge in [-0.25, -0.2) is 19.2 Å². The van der Waals surface area contributed by atoms with Gasteiger partial charge >= 0.3 is 30.2 Å². The molecular formula is C12H19N3O10. The lowest BCUT2D eigenvalue weighted by atomic mass is 10.3. The molecule has 1 unspecified atom stereocenters. The van der Waals surface area contributed by atoms with Crippen molar-refractivity contribution in [1.29, 1.82) is 0 Å². The molecule has 0 heterocycles. The van der Waals surface area contributed by atoms with Crippen LogP contribution in [0.1, 0.15) is 6.92 Å². The van der Waals surface area contributed by atoms with Crippen molar-refractivity contribution >= 4 is 30.2 Å². The van der Waals surface area contributed by atoms with Crippen LogP contribution in [0.2, 0.25) is 0 Å². The molecule has 0 aromatic heterocycles. The van der Waals surface area contributed by atoms with Crippen LogP contribution in [0.15, 0.2) is 0 Å². The zero-order chi connectivity index (χ0) is 19.7. The summed E-state index contributed by atoms with van der Waals surface area (Å²) in [6, 6.07) is -1.41. The summed E-state index contributed by atoms with van der Waals surface area (Å²) in [6.45, 7) is -1.47. The minimum absolute atomic E-state index is 0.413. The number of carboxylic acids is 2. The van der Waals surface area contributed by atoms with Crippen LogP contribution in [0, 0.1) is 0 Å². The summed E-state index contributed by atoms with van der Waals surface area (Å²) in [5, 5.41) is 44.3. The number of aliphatic carboxylic acids is 2. The largest absolute Gasteiger partial charge is 0.480 e. The molecule has 0 aliphatic carbocycles. The van der Waals surface area contributed by atoms with E-state index in [4.69, 9.17) is 25.5 Å². The van der Waals surface area contributed by atoms with Crippen molar-refractivity contribution in [1.82, 2.24) is 14.7 Å². The van der Waals surface area contributed by atoms with Crippen molar-refractivity contribution in [3.8, 4) is 0 Å². The Hall–Kier alpha value is -3.25. The predicted octanol–water partition coefficient (Wildman–Crippen LogP) is -0.516. The average molecular weight is 365 g/mol. The highest BCUT2D eigenvalue weighted by atomic mass is 16.4. The number of hydrogen-bond donors (Lipinski definition) is 5. The van der Waals surface area contributed by atoms with Crippen LogP contribution in [-0.4, -0.2) is 109 Å². The summed E-state index contributed by atoms with van der Waals surface area (Å²) in [6.07, 6.45) is -4.60. The Bertz CT molecular complexity index is 537. The van der Waals surface area contributed by atoms with Crippen LogP contribution in [0.25, 0.3) is 0 Å². The van der Waals surface area contributed by atoms with Gasteiger partial charge in [0.25, 0.3) is 0 Å². The molecule has 142 valence electrons. The number of amides is 3. The topological polar surface area (TPSA) is 196 Å². The molecule has 1 atom stereocenters. The fraction of sp³-hybridized carbons (Fsp3) is 0.583. The van der Waals surface area contributed by atoms with Crippen molar-refractivity contribution in [3.05, 3.63) is 0 Å². The van der Waals surface area contributed by atoms with E-state index in [9.17, 15) is 24.0 Å². The molecule has 0 saturated carbocycles. The summed E-state index contributed by atoms with van der Waals surface area (Å²) in [5.74, 6) is -2.83. The Kier molecular flexibility index (Phi) is 8.52. The number of nitrogens with zero attached hydrogens (tertiary/aromatic N) is 3. The molecule has 13 nitrogen and oxygen atoms in total. The van der Waals surface area contributed by atoms with Gasteiger partial charge in [0.1, 0.15) is 12.6 Å². The van der Waals surface area contributed by atoms with Crippen molar-refractivity contribution < 1.29 is 49.5 Å². The van der Waals surface area contributed by atoms with Crippen molar-refractivity contribution in [3.63, 3.8) is 0 Å². The molecule has 0 spiro atoms. The fourth-order valence-corrected chi connectivity index (χ4v) is 1.77. The Morgan fingerprint density at radius 2 is 1.16 bits per heavy atom. The van der Waals surface area contributed by atoms with Gasteiger partial charge in [0.2, 0.25) is 0 Å². The maximum absolute atomic E-state index is 11.2. The Balaban J connectivity index is 4.87. The van der Waals surface area contributed by atoms with Crippen molar-refractivity contribution in [2.24, 2.45) is 0 Å². The molecule has 0 aromatic rings. The first-order valence-electron chi connectivity index (χ1n) is 6.87. The zero-order valence-corrected chi connectivity index (χ0v) is 13.2. The van der Waals surface area contributed by atoms with Crippen LogP contribution >= 0.6 is 0 Å². The summed E-state index contributed by atoms with van der Waals surface area (Å²) in [7, 11) is 0. The van der Waals surface area contributed by atoms with Gasteiger partial charge in [0, 0.05) is 26.2 Å². The van der Waals surface area contributed by atoms with Gasteiger partial charge in [0.15, 0.2) is 0 Å². The summed E-state index contributed by atoms with van der Waals surface area (Å²) in [5.41, 5.74) is 0. The van der Waals surface area contributed by atoms with E-state index >= 15 is 0 Å². The molecule has 0 aromatic carbocycles. The van der Waals surface area contributed by atoms with Gasteiger partial charge in [-0.15, -0.1) is 0 Å². The van der Waals surface area contributed by atoms with Gasteiger partial charge in [0.05, 0.1) is 0 Å². The molecule has 0 radical (unpaired) electrons. The second-order valence-electron chi connectivity index (χ2n) is 4.86. The first kappa shape index (κ1) is 21.8. The highest BCUT2D eigenvalue weighted by Crippen LogP contribution is 2.02. The summed E-state index contributed by atoms with van der Waals surface area (Å²) < 4.78 is 0. The second kappa shape index (κ2) is 9.79. The smallest absolute Gasteiger partial charge is 0.408 e. The first-order valence-corrected chi connectivity index (χ1v) is 6.87. The third-order valence-corrected chi connectivity index (χ3v) is 3.19. The third kappa shape index (κ3) is 7.71. The van der Waals surface area contributed by atoms with Gasteiger partial charge in [-0.2, -0.15) is 0 Å². The standard InChI is InChI=1S/C12H19N3O10/c1-7(9(18)19)15(12(24)25)5-4-13(10(20)21)2-3-14(11(22)23)6-8(16)17/h7H,2-6H2,1H3,(H,16,17)(H,18,19)(H,20,21)(H,22,23)(H,24,25). The van der Waals surface area contributed by atoms with Crippen molar-refractivity contribution in [2.75, 3.05) is 32.7 Å². The van der Waals surface area contributed by atoms with Gasteiger partial charge in [-0.1, -0.05) is 0 Å². The Labute approximate surface area is 141 Å². The molecule has 3 amide bonds. The first-order chi connectivity index (χ1) is 11.5. The lowest BCUT2D eigenvalue weighted by molar-refractivity contribution is -0.142. The van der Waals surface area contributed by atoms with Crippen LogP contribution in [-0.2, 0) is 9.59 Å². The van der Waals surface area contributed by atoms with Crippen LogP contribution in [0.4, 0.5) is 14.4 Å². The molecule has 25 heavy (non-hydrogen) atoms. The van der Waals surface area contributed by atoms with E-state index in [-0.39, 0.29) is 0 Å². The van der Waals surface area contributed by atoms with E-state index in [2.05, 4.69) is 0 Å². The predicted molar refractivity (Wildman–Crippen MR) is 78.7 cm³/mol. The van der Waals surface area contributed by atoms with Crippen LogP contribution in [0.3, 0.4) is 0 Å². The minimum atomic E-state index is -1.56. The van der Waals surface area contributed by atoms with E-state index in [0.29, 0.717) is 14.7 Å². The van der Waals surface area contributed by atoms with Crippen molar-refractivity contribution in [2.45, 2.75) is 13.0 Å². The maximum atomic E-state index is 11.2. The van der Waals surface area contributed by atoms with E-state index in [1.165, 1.54) is 0 Å². The van der Waals surface area contributed by atoms with E-state index < -0.39 is 69.0 Å². The third-order valence-electron chi connectivity index (χ3n) is 3.19. The number of carboxylic acid groups (broad SMARTS) is 5. The minimum Gasteiger partial charge on any atom is -0.480 e. The Morgan fingerprint density at radius 3 is 1.52 bits per heavy atom. The molecule has 0 bridgehead atoms. The van der Waals surface area contributed by atoms with Crippen LogP contribution in [0.5, 0.6) is 0 Å². The van der Waals surface area contributed by atoms with Gasteiger partial charge < -0.3 is 30.4 Å². The van der Waals surface area contributed by atoms with E-state index in [0.717, 1.165) is 6.92 Å². The monoisotopic (exact) mass is 365 g/mol. The van der Waals surface area contributed by atoms with E-state index in [1.54, 1.807) is 0 Å². The van der Waals surface area contributed by atoms with Gasteiger partial charge in [-0.3, -0.25) is 14.6 Å². The molecule has 0 saturated heterocycles. The Morgan fingerprint density at radius 1 is 0.720 bits per heavy atom. The quantitative estimate of drug-likeness (QED) is 0.336. The SMILES string of the molecule is CC(C(=O)O)N(CCN(CCN(CC(=O)O)C(=O)O)C(=O)O)C(=O)O. The highest BCUT2D eigenvalue weighted by Gasteiger charge is 2.26. The summed E-state index contributed by atoms with van der Waals surface area (Å²) >= 11 is 0. The zero-order valence-electron chi connectivity index (χ0n) is 13.2. The van der Waals surface area contributed by atoms with E-state index in [1.807, 2.05) is 0 Å². The van der Waals surface area contributed by atoms with Crippen LogP contribution < -0.4 is 0 Å². The highest BCUT2D eigenvalue weighted by molar-refractivity contribution is 5.79. The number of rotatable bonds is 10. The fourth-order valence-electron chi connectivity index (χ4n) is 1.77. The lowest BCUT2D eigenvalue weighted by Gasteiger charge is -2.28. The second-order valence-corrected chi connectivity index (χ2v) is 4.86. The molecular weight excluding hydrogens is 346 g/mol. The lowest BCUT2D eigenvalue weighted by Crippen LogP contribution is -2.48. The number of hydrogen-bond acceptors (Lipinski definition) is 5. The maximum Gasteiger partial charge on any atom is 0.408 e. The molecule has 0 aliphatic heterocycles. The molecule has 0 rings (SSSR count). The molecule has 5 N–H and O–H groups in total. The summed E-state index contributed by atoms with van der Waals surface area (Å²) in [4.78, 5) is 56.2. The molecule has 13 heteroatoms. The molecule has 0 fully saturated rings.